The lowest BCUT2D eigenvalue weighted by atomic mass is 10.2. The van der Waals surface area contributed by atoms with Crippen molar-refractivity contribution in [1.82, 2.24) is 25.9 Å². The first-order chi connectivity index (χ1) is 13.7. The summed E-state index contributed by atoms with van der Waals surface area (Å²) in [6.45, 7) is 1.34. The van der Waals surface area contributed by atoms with E-state index >= 15 is 0 Å². The van der Waals surface area contributed by atoms with E-state index in [0.717, 1.165) is 35.3 Å². The number of hydrogen-bond donors (Lipinski definition) is 4. The number of aromatic amines is 1. The van der Waals surface area contributed by atoms with E-state index < -0.39 is 0 Å². The molecule has 0 unspecified atom stereocenters. The topological polar surface area (TPSA) is 98.9 Å². The Bertz CT molecular complexity index is 874. The van der Waals surface area contributed by atoms with Crippen LogP contribution in [0.1, 0.15) is 24.2 Å². The number of aryl methyl sites for hydroxylation is 1. The van der Waals surface area contributed by atoms with Crippen molar-refractivity contribution in [2.24, 2.45) is 0 Å². The van der Waals surface area contributed by atoms with E-state index in [9.17, 15) is 9.59 Å². The second-order valence-corrected chi connectivity index (χ2v) is 6.50. The fourth-order valence-electron chi connectivity index (χ4n) is 2.83. The zero-order valence-electron chi connectivity index (χ0n) is 15.7. The molecule has 7 heteroatoms. The lowest BCUT2D eigenvalue weighted by molar-refractivity contribution is -0.120. The molecule has 7 nitrogen and oxygen atoms in total. The van der Waals surface area contributed by atoms with Crippen LogP contribution in [-0.2, 0) is 17.8 Å². The molecule has 146 valence electrons. The summed E-state index contributed by atoms with van der Waals surface area (Å²) in [6.07, 6.45) is 1.83. The SMILES string of the molecule is O=C(CCNC(=O)NCc1ccccc1)NCCCc1nc2ccccc2[nH]1. The molecule has 1 aromatic heterocycles. The lowest BCUT2D eigenvalue weighted by Crippen LogP contribution is -2.37. The van der Waals surface area contributed by atoms with E-state index in [-0.39, 0.29) is 18.4 Å². The Morgan fingerprint density at radius 2 is 1.68 bits per heavy atom. The van der Waals surface area contributed by atoms with Crippen LogP contribution >= 0.6 is 0 Å². The smallest absolute Gasteiger partial charge is 0.315 e. The first kappa shape index (κ1) is 19.4. The minimum Gasteiger partial charge on any atom is -0.356 e. The Morgan fingerprint density at radius 3 is 2.50 bits per heavy atom. The normalized spacial score (nSPS) is 10.6. The van der Waals surface area contributed by atoms with Crippen molar-refractivity contribution in [2.45, 2.75) is 25.8 Å². The van der Waals surface area contributed by atoms with Crippen molar-refractivity contribution in [3.05, 3.63) is 66.0 Å². The van der Waals surface area contributed by atoms with Crippen LogP contribution in [0.3, 0.4) is 0 Å². The lowest BCUT2D eigenvalue weighted by Gasteiger charge is -2.08. The zero-order chi connectivity index (χ0) is 19.6. The molecule has 0 aliphatic heterocycles. The Morgan fingerprint density at radius 1 is 0.893 bits per heavy atom. The molecule has 3 rings (SSSR count). The fraction of sp³-hybridized carbons (Fsp3) is 0.286. The molecule has 0 bridgehead atoms. The van der Waals surface area contributed by atoms with Gasteiger partial charge in [-0.15, -0.1) is 0 Å². The number of fused-ring (bicyclic) bond motifs is 1. The van der Waals surface area contributed by atoms with Crippen molar-refractivity contribution in [1.29, 1.82) is 0 Å². The summed E-state index contributed by atoms with van der Waals surface area (Å²) in [5.74, 6) is 0.847. The second kappa shape index (κ2) is 10.1. The van der Waals surface area contributed by atoms with Gasteiger partial charge in [-0.2, -0.15) is 0 Å². The Balaban J connectivity index is 1.24. The molecule has 3 aromatic rings. The highest BCUT2D eigenvalue weighted by Gasteiger charge is 2.05. The van der Waals surface area contributed by atoms with Gasteiger partial charge in [0.15, 0.2) is 0 Å². The van der Waals surface area contributed by atoms with Crippen molar-refractivity contribution in [2.75, 3.05) is 13.1 Å². The maximum absolute atomic E-state index is 11.8. The second-order valence-electron chi connectivity index (χ2n) is 6.50. The first-order valence-electron chi connectivity index (χ1n) is 9.46. The van der Waals surface area contributed by atoms with E-state index in [2.05, 4.69) is 25.9 Å². The fourth-order valence-corrected chi connectivity index (χ4v) is 2.83. The highest BCUT2D eigenvalue weighted by atomic mass is 16.2. The molecule has 0 fully saturated rings. The molecule has 0 saturated carbocycles. The third-order valence-electron chi connectivity index (χ3n) is 4.28. The number of hydrogen-bond acceptors (Lipinski definition) is 3. The van der Waals surface area contributed by atoms with Crippen LogP contribution in [0.2, 0.25) is 0 Å². The number of nitrogens with zero attached hydrogens (tertiary/aromatic N) is 1. The van der Waals surface area contributed by atoms with Gasteiger partial charge in [0.25, 0.3) is 0 Å². The van der Waals surface area contributed by atoms with Gasteiger partial charge < -0.3 is 20.9 Å². The maximum Gasteiger partial charge on any atom is 0.315 e. The van der Waals surface area contributed by atoms with E-state index in [1.807, 2.05) is 54.6 Å². The summed E-state index contributed by atoms with van der Waals surface area (Å²) in [4.78, 5) is 31.4. The van der Waals surface area contributed by atoms with Gasteiger partial charge in [-0.3, -0.25) is 4.79 Å². The third-order valence-corrected chi connectivity index (χ3v) is 4.28. The van der Waals surface area contributed by atoms with Crippen LogP contribution in [0.4, 0.5) is 4.79 Å². The quantitative estimate of drug-likeness (QED) is 0.430. The number of amides is 3. The summed E-state index contributed by atoms with van der Waals surface area (Å²) in [7, 11) is 0. The Hall–Kier alpha value is -3.35. The summed E-state index contributed by atoms with van der Waals surface area (Å²) in [5.41, 5.74) is 3.01. The van der Waals surface area contributed by atoms with Gasteiger partial charge in [0.05, 0.1) is 11.0 Å². The van der Waals surface area contributed by atoms with Crippen LogP contribution in [0, 0.1) is 0 Å². The van der Waals surface area contributed by atoms with Crippen molar-refractivity contribution in [3.63, 3.8) is 0 Å². The average Bonchev–Trinajstić information content (AvgIpc) is 3.13. The molecule has 28 heavy (non-hydrogen) atoms. The highest BCUT2D eigenvalue weighted by molar-refractivity contribution is 5.78. The number of aromatic nitrogens is 2. The van der Waals surface area contributed by atoms with E-state index in [0.29, 0.717) is 19.6 Å². The number of imidazole rings is 1. The van der Waals surface area contributed by atoms with Gasteiger partial charge in [-0.25, -0.2) is 9.78 Å². The summed E-state index contributed by atoms with van der Waals surface area (Å²) >= 11 is 0. The third kappa shape index (κ3) is 6.12. The van der Waals surface area contributed by atoms with E-state index in [4.69, 9.17) is 0 Å². The minimum absolute atomic E-state index is 0.0760. The molecule has 0 spiro atoms. The number of rotatable bonds is 9. The first-order valence-corrected chi connectivity index (χ1v) is 9.46. The Labute approximate surface area is 163 Å². The monoisotopic (exact) mass is 379 g/mol. The molecule has 0 atom stereocenters. The van der Waals surface area contributed by atoms with Crippen LogP contribution in [0.15, 0.2) is 54.6 Å². The Kier molecular flexibility index (Phi) is 7.01. The van der Waals surface area contributed by atoms with Crippen LogP contribution in [0.5, 0.6) is 0 Å². The van der Waals surface area contributed by atoms with Crippen molar-refractivity contribution in [3.8, 4) is 0 Å². The number of urea groups is 1. The average molecular weight is 379 g/mol. The molecule has 0 saturated heterocycles. The summed E-state index contributed by atoms with van der Waals surface area (Å²) < 4.78 is 0. The molecule has 4 N–H and O–H groups in total. The molecule has 1 heterocycles. The predicted octanol–water partition coefficient (Wildman–Crippen LogP) is 2.50. The van der Waals surface area contributed by atoms with Gasteiger partial charge in [0.1, 0.15) is 5.82 Å². The van der Waals surface area contributed by atoms with Crippen LogP contribution < -0.4 is 16.0 Å². The van der Waals surface area contributed by atoms with Gasteiger partial charge in [0, 0.05) is 32.5 Å². The van der Waals surface area contributed by atoms with E-state index in [1.165, 1.54) is 0 Å². The predicted molar refractivity (Wildman–Crippen MR) is 109 cm³/mol. The largest absolute Gasteiger partial charge is 0.356 e. The standard InChI is InChI=1S/C21H25N5O2/c27-20(12-14-23-21(28)24-15-16-7-2-1-3-8-16)22-13-6-11-19-25-17-9-4-5-10-18(17)26-19/h1-5,7-10H,6,11-15H2,(H,22,27)(H,25,26)(H2,23,24,28). The van der Waals surface area contributed by atoms with Gasteiger partial charge in [-0.1, -0.05) is 42.5 Å². The number of carbonyl (C=O) groups is 2. The molecule has 0 radical (unpaired) electrons. The number of H-pyrrole nitrogens is 1. The zero-order valence-corrected chi connectivity index (χ0v) is 15.7. The van der Waals surface area contributed by atoms with Crippen LogP contribution in [-0.4, -0.2) is 35.0 Å². The highest BCUT2D eigenvalue weighted by Crippen LogP contribution is 2.11. The van der Waals surface area contributed by atoms with Crippen LogP contribution in [0.25, 0.3) is 11.0 Å². The molecule has 2 aromatic carbocycles. The molecular weight excluding hydrogens is 354 g/mol. The molecular formula is C21H25N5O2. The number of para-hydroxylation sites is 2. The van der Waals surface area contributed by atoms with Crippen molar-refractivity contribution >= 4 is 23.0 Å². The van der Waals surface area contributed by atoms with Gasteiger partial charge in [0.2, 0.25) is 5.91 Å². The molecule has 0 aliphatic carbocycles. The van der Waals surface area contributed by atoms with Gasteiger partial charge >= 0.3 is 6.03 Å². The number of carbonyl (C=O) groups excluding carboxylic acids is 2. The number of nitrogens with one attached hydrogen (secondary N) is 4. The van der Waals surface area contributed by atoms with Gasteiger partial charge in [-0.05, 0) is 24.1 Å². The van der Waals surface area contributed by atoms with E-state index in [1.54, 1.807) is 0 Å². The van der Waals surface area contributed by atoms with Crippen molar-refractivity contribution < 1.29 is 9.59 Å². The number of benzene rings is 2. The molecule has 0 aliphatic rings. The minimum atomic E-state index is -0.276. The maximum atomic E-state index is 11.8. The summed E-state index contributed by atoms with van der Waals surface area (Å²) in [5, 5.41) is 8.32. The molecule has 3 amide bonds. The summed E-state index contributed by atoms with van der Waals surface area (Å²) in [6, 6.07) is 17.3.